The number of aliphatic hydroxyl groups is 5. The van der Waals surface area contributed by atoms with Crippen LogP contribution in [0.5, 0.6) is 0 Å². The van der Waals surface area contributed by atoms with Gasteiger partial charge < -0.3 is 40.3 Å². The van der Waals surface area contributed by atoms with E-state index in [1.807, 2.05) is 6.08 Å². The molecule has 1 amide bonds. The van der Waals surface area contributed by atoms with Gasteiger partial charge in [-0.2, -0.15) is 0 Å². The Balaban J connectivity index is 2.08. The van der Waals surface area contributed by atoms with Crippen molar-refractivity contribution in [3.63, 3.8) is 0 Å². The number of carbonyl (C=O) groups excluding carboxylic acids is 1. The minimum atomic E-state index is -1.58. The first-order chi connectivity index (χ1) is 46.3. The lowest BCUT2D eigenvalue weighted by Crippen LogP contribution is -2.60. The summed E-state index contributed by atoms with van der Waals surface area (Å²) in [5.74, 6) is -0.184. The van der Waals surface area contributed by atoms with Crippen molar-refractivity contribution < 1.29 is 39.8 Å². The molecular formula is C85H157NO8. The molecule has 0 aromatic rings. The SMILES string of the molecule is CCCCCCC/C=C\C/C=C\C/C=C\CCCCCCCCCCCCCCCCCCCCCCCCCCC(=O)NC(COC1OC(CO)C(O)C(O)C1O)C(O)/C=C/CC/C=C/CC/C=C/CCCCCCCCCCCCCCCCCCCCCCCC. The van der Waals surface area contributed by atoms with Crippen LogP contribution in [0.1, 0.15) is 406 Å². The van der Waals surface area contributed by atoms with Gasteiger partial charge in [0.05, 0.1) is 25.4 Å². The fourth-order valence-corrected chi connectivity index (χ4v) is 13.1. The smallest absolute Gasteiger partial charge is 0.220 e. The van der Waals surface area contributed by atoms with E-state index in [9.17, 15) is 30.3 Å². The van der Waals surface area contributed by atoms with Crippen LogP contribution in [0.15, 0.2) is 72.9 Å². The number of unbranched alkanes of at least 4 members (excludes halogenated alkanes) is 53. The Morgan fingerprint density at radius 2 is 0.638 bits per heavy atom. The minimum absolute atomic E-state index is 0.184. The largest absolute Gasteiger partial charge is 0.394 e. The van der Waals surface area contributed by atoms with Gasteiger partial charge in [0, 0.05) is 6.42 Å². The van der Waals surface area contributed by atoms with Crippen molar-refractivity contribution in [1.82, 2.24) is 5.32 Å². The summed E-state index contributed by atoms with van der Waals surface area (Å²) >= 11 is 0. The van der Waals surface area contributed by atoms with Crippen molar-refractivity contribution in [2.75, 3.05) is 13.2 Å². The van der Waals surface area contributed by atoms with Crippen LogP contribution in [-0.4, -0.2) is 87.5 Å². The van der Waals surface area contributed by atoms with Crippen LogP contribution in [0.2, 0.25) is 0 Å². The lowest BCUT2D eigenvalue weighted by molar-refractivity contribution is -0.302. The van der Waals surface area contributed by atoms with E-state index in [0.29, 0.717) is 6.42 Å². The van der Waals surface area contributed by atoms with Crippen molar-refractivity contribution in [3.05, 3.63) is 72.9 Å². The van der Waals surface area contributed by atoms with E-state index in [0.717, 1.165) is 57.8 Å². The van der Waals surface area contributed by atoms with E-state index < -0.39 is 49.5 Å². The van der Waals surface area contributed by atoms with E-state index in [4.69, 9.17) is 9.47 Å². The third kappa shape index (κ3) is 60.8. The van der Waals surface area contributed by atoms with Crippen molar-refractivity contribution in [2.24, 2.45) is 0 Å². The molecule has 550 valence electrons. The summed E-state index contributed by atoms with van der Waals surface area (Å²) < 4.78 is 11.3. The van der Waals surface area contributed by atoms with Crippen LogP contribution in [0.25, 0.3) is 0 Å². The number of hydrogen-bond donors (Lipinski definition) is 6. The van der Waals surface area contributed by atoms with Gasteiger partial charge in [-0.05, 0) is 83.5 Å². The molecule has 9 nitrogen and oxygen atoms in total. The second-order valence-corrected chi connectivity index (χ2v) is 28.5. The van der Waals surface area contributed by atoms with Crippen LogP contribution in [0.4, 0.5) is 0 Å². The molecule has 0 bridgehead atoms. The molecule has 94 heavy (non-hydrogen) atoms. The van der Waals surface area contributed by atoms with Crippen molar-refractivity contribution >= 4 is 5.91 Å². The topological polar surface area (TPSA) is 149 Å². The van der Waals surface area contributed by atoms with Crippen LogP contribution in [0, 0.1) is 0 Å². The molecule has 0 saturated carbocycles. The number of hydrogen-bond acceptors (Lipinski definition) is 8. The molecule has 1 rings (SSSR count). The molecule has 1 aliphatic heterocycles. The molecule has 0 aliphatic carbocycles. The zero-order valence-corrected chi connectivity index (χ0v) is 62.0. The maximum absolute atomic E-state index is 13.2. The number of carbonyl (C=O) groups is 1. The highest BCUT2D eigenvalue weighted by Gasteiger charge is 2.44. The fourth-order valence-electron chi connectivity index (χ4n) is 13.1. The van der Waals surface area contributed by atoms with Crippen LogP contribution < -0.4 is 5.32 Å². The van der Waals surface area contributed by atoms with Crippen molar-refractivity contribution in [3.8, 4) is 0 Å². The molecule has 7 unspecified atom stereocenters. The minimum Gasteiger partial charge on any atom is -0.394 e. The highest BCUT2D eigenvalue weighted by Crippen LogP contribution is 2.24. The summed E-state index contributed by atoms with van der Waals surface area (Å²) in [6.07, 6.45) is 97.8. The molecule has 7 atom stereocenters. The summed E-state index contributed by atoms with van der Waals surface area (Å²) in [5, 5.41) is 54.9. The lowest BCUT2D eigenvalue weighted by Gasteiger charge is -2.40. The van der Waals surface area contributed by atoms with Gasteiger partial charge in [-0.1, -0.05) is 389 Å². The summed E-state index contributed by atoms with van der Waals surface area (Å²) in [5.41, 5.74) is 0. The van der Waals surface area contributed by atoms with Crippen LogP contribution in [0.3, 0.4) is 0 Å². The average Bonchev–Trinajstić information content (AvgIpc) is 0.829. The maximum Gasteiger partial charge on any atom is 0.220 e. The summed E-state index contributed by atoms with van der Waals surface area (Å²) in [7, 11) is 0. The first-order valence-corrected chi connectivity index (χ1v) is 41.2. The van der Waals surface area contributed by atoms with Gasteiger partial charge >= 0.3 is 0 Å². The molecule has 9 heteroatoms. The first kappa shape index (κ1) is 89.6. The van der Waals surface area contributed by atoms with Gasteiger partial charge in [0.15, 0.2) is 6.29 Å². The quantitative estimate of drug-likeness (QED) is 0.0261. The summed E-state index contributed by atoms with van der Waals surface area (Å²) in [6, 6.07) is -0.832. The standard InChI is InChI=1S/C85H157NO8/c1-3-5-7-9-11-13-15-17-19-21-23-25-27-29-31-33-35-37-38-39-40-41-42-43-45-47-49-51-53-55-57-59-61-63-65-67-69-71-73-75-81(89)86-78(77-93-85-84(92)83(91)82(90)80(76-87)94-85)79(88)74-72-70-68-66-64-62-60-58-56-54-52-50-48-46-44-36-34-32-30-28-26-24-22-20-18-16-14-12-10-8-6-4-2/h15,17,21,23,27,29,56,58,64,66,72,74,78-80,82-85,87-88,90-92H,3-14,16,18-20,22,24-26,28,30-55,57,59-63,65,67-71,73,75-77H2,1-2H3,(H,86,89)/b17-15-,23-21-,29-27-,58-56+,66-64+,74-72+. The van der Waals surface area contributed by atoms with Crippen LogP contribution in [-0.2, 0) is 14.3 Å². The van der Waals surface area contributed by atoms with Crippen molar-refractivity contribution in [1.29, 1.82) is 0 Å². The van der Waals surface area contributed by atoms with Gasteiger partial charge in [-0.15, -0.1) is 0 Å². The van der Waals surface area contributed by atoms with E-state index in [-0.39, 0.29) is 12.5 Å². The average molecular weight is 1320 g/mol. The molecule has 1 saturated heterocycles. The number of amides is 1. The van der Waals surface area contributed by atoms with Gasteiger partial charge in [-0.3, -0.25) is 4.79 Å². The molecule has 0 aromatic carbocycles. The lowest BCUT2D eigenvalue weighted by atomic mass is 9.99. The van der Waals surface area contributed by atoms with E-state index >= 15 is 0 Å². The zero-order chi connectivity index (χ0) is 67.8. The monoisotopic (exact) mass is 1320 g/mol. The molecule has 0 radical (unpaired) electrons. The molecule has 1 fully saturated rings. The van der Waals surface area contributed by atoms with Gasteiger partial charge in [-0.25, -0.2) is 0 Å². The first-order valence-electron chi connectivity index (χ1n) is 41.2. The maximum atomic E-state index is 13.2. The molecule has 0 spiro atoms. The van der Waals surface area contributed by atoms with Gasteiger partial charge in [0.2, 0.25) is 5.91 Å². The predicted octanol–water partition coefficient (Wildman–Crippen LogP) is 23.8. The zero-order valence-electron chi connectivity index (χ0n) is 62.0. The van der Waals surface area contributed by atoms with E-state index in [1.165, 1.54) is 327 Å². The molecule has 0 aromatic heterocycles. The van der Waals surface area contributed by atoms with E-state index in [1.54, 1.807) is 6.08 Å². The Labute approximate surface area is 582 Å². The normalized spacial score (nSPS) is 17.9. The van der Waals surface area contributed by atoms with Crippen LogP contribution >= 0.6 is 0 Å². The predicted molar refractivity (Wildman–Crippen MR) is 405 cm³/mol. The number of nitrogens with one attached hydrogen (secondary N) is 1. The molecular weight excluding hydrogens is 1160 g/mol. The number of allylic oxidation sites excluding steroid dienone is 11. The second-order valence-electron chi connectivity index (χ2n) is 28.5. The Morgan fingerprint density at radius 3 is 0.968 bits per heavy atom. The molecule has 1 aliphatic rings. The number of ether oxygens (including phenoxy) is 2. The highest BCUT2D eigenvalue weighted by molar-refractivity contribution is 5.76. The van der Waals surface area contributed by atoms with E-state index in [2.05, 4.69) is 79.9 Å². The molecule has 1 heterocycles. The third-order valence-corrected chi connectivity index (χ3v) is 19.5. The Bertz CT molecular complexity index is 1730. The molecule has 6 N–H and O–H groups in total. The number of rotatable bonds is 73. The third-order valence-electron chi connectivity index (χ3n) is 19.5. The number of aliphatic hydroxyl groups excluding tert-OH is 5. The Hall–Kier alpha value is -2.37. The highest BCUT2D eigenvalue weighted by atomic mass is 16.7. The fraction of sp³-hybridized carbons (Fsp3) is 0.847. The van der Waals surface area contributed by atoms with Gasteiger partial charge in [0.25, 0.3) is 0 Å². The summed E-state index contributed by atoms with van der Waals surface area (Å²) in [4.78, 5) is 13.2. The Kier molecular flexibility index (Phi) is 69.9. The second kappa shape index (κ2) is 73.3. The Morgan fingerprint density at radius 1 is 0.362 bits per heavy atom. The summed E-state index contributed by atoms with van der Waals surface area (Å²) in [6.45, 7) is 3.80. The van der Waals surface area contributed by atoms with Crippen molar-refractivity contribution in [2.45, 2.75) is 448 Å². The van der Waals surface area contributed by atoms with Gasteiger partial charge in [0.1, 0.15) is 24.4 Å².